The number of nitrogens with one attached hydrogen (secondary N) is 1. The molecule has 1 fully saturated rings. The van der Waals surface area contributed by atoms with Crippen LogP contribution in [0, 0.1) is 0 Å². The van der Waals surface area contributed by atoms with Gasteiger partial charge in [-0.25, -0.2) is 13.2 Å². The molecule has 8 nitrogen and oxygen atoms in total. The van der Waals surface area contributed by atoms with Gasteiger partial charge in [0.25, 0.3) is 0 Å². The number of sulfonamides is 1. The van der Waals surface area contributed by atoms with Gasteiger partial charge in [-0.05, 0) is 30.4 Å². The number of esters is 1. The SMILES string of the molecule is COC(=O)c1cc(S(=O)(=O)N2CCCC2C(=O)NCc2cccs2)cn1C. The maximum Gasteiger partial charge on any atom is 0.354 e. The van der Waals surface area contributed by atoms with Crippen LogP contribution in [0.2, 0.25) is 0 Å². The van der Waals surface area contributed by atoms with Gasteiger partial charge in [0.2, 0.25) is 15.9 Å². The number of thiophene rings is 1. The third-order valence-corrected chi connectivity index (χ3v) is 7.25. The first-order chi connectivity index (χ1) is 12.8. The van der Waals surface area contributed by atoms with Crippen molar-refractivity contribution in [3.63, 3.8) is 0 Å². The van der Waals surface area contributed by atoms with Crippen LogP contribution in [-0.2, 0) is 33.1 Å². The minimum atomic E-state index is -3.90. The molecule has 146 valence electrons. The molecular weight excluding hydrogens is 390 g/mol. The molecule has 0 bridgehead atoms. The number of hydrogen-bond donors (Lipinski definition) is 1. The number of rotatable bonds is 6. The van der Waals surface area contributed by atoms with Gasteiger partial charge >= 0.3 is 5.97 Å². The third-order valence-electron chi connectivity index (χ3n) is 4.50. The predicted molar refractivity (Wildman–Crippen MR) is 99.8 cm³/mol. The van der Waals surface area contributed by atoms with E-state index < -0.39 is 22.0 Å². The number of nitrogens with zero attached hydrogens (tertiary/aromatic N) is 2. The lowest BCUT2D eigenvalue weighted by molar-refractivity contribution is -0.124. The molecule has 0 spiro atoms. The van der Waals surface area contributed by atoms with Crippen LogP contribution < -0.4 is 5.32 Å². The van der Waals surface area contributed by atoms with Gasteiger partial charge in [-0.2, -0.15) is 4.31 Å². The highest BCUT2D eigenvalue weighted by Gasteiger charge is 2.40. The summed E-state index contributed by atoms with van der Waals surface area (Å²) < 4.78 is 33.4. The van der Waals surface area contributed by atoms with Crippen molar-refractivity contribution >= 4 is 33.2 Å². The van der Waals surface area contributed by atoms with E-state index in [1.807, 2.05) is 17.5 Å². The van der Waals surface area contributed by atoms with Crippen molar-refractivity contribution in [1.82, 2.24) is 14.2 Å². The lowest BCUT2D eigenvalue weighted by Gasteiger charge is -2.22. The van der Waals surface area contributed by atoms with E-state index in [9.17, 15) is 18.0 Å². The van der Waals surface area contributed by atoms with Crippen LogP contribution in [-0.4, -0.2) is 48.9 Å². The van der Waals surface area contributed by atoms with Crippen LogP contribution in [0.1, 0.15) is 28.2 Å². The van der Waals surface area contributed by atoms with E-state index in [1.54, 1.807) is 7.05 Å². The molecule has 1 aliphatic rings. The summed E-state index contributed by atoms with van der Waals surface area (Å²) in [6.45, 7) is 0.639. The number of aryl methyl sites for hydroxylation is 1. The first-order valence-corrected chi connectivity index (χ1v) is 10.7. The van der Waals surface area contributed by atoms with Crippen molar-refractivity contribution in [2.45, 2.75) is 30.3 Å². The number of amides is 1. The minimum Gasteiger partial charge on any atom is -0.464 e. The number of aromatic nitrogens is 1. The summed E-state index contributed by atoms with van der Waals surface area (Å²) in [7, 11) is -1.10. The zero-order valence-corrected chi connectivity index (χ0v) is 16.7. The van der Waals surface area contributed by atoms with Gasteiger partial charge < -0.3 is 14.6 Å². The van der Waals surface area contributed by atoms with Crippen LogP contribution in [0.25, 0.3) is 0 Å². The standard InChI is InChI=1S/C17H21N3O5S2/c1-19-11-13(9-15(19)17(22)25-2)27(23,24)20-7-3-6-14(20)16(21)18-10-12-5-4-8-26-12/h4-5,8-9,11,14H,3,6-7,10H2,1-2H3,(H,18,21). The van der Waals surface area contributed by atoms with Crippen molar-refractivity contribution in [3.8, 4) is 0 Å². The van der Waals surface area contributed by atoms with Crippen LogP contribution >= 0.6 is 11.3 Å². The lowest BCUT2D eigenvalue weighted by Crippen LogP contribution is -2.45. The first-order valence-electron chi connectivity index (χ1n) is 8.41. The second-order valence-electron chi connectivity index (χ2n) is 6.23. The summed E-state index contributed by atoms with van der Waals surface area (Å²) in [6.07, 6.45) is 2.43. The average Bonchev–Trinajstić information content (AvgIpc) is 3.38. The first kappa shape index (κ1) is 19.6. The summed E-state index contributed by atoms with van der Waals surface area (Å²) in [4.78, 5) is 25.3. The highest BCUT2D eigenvalue weighted by Crippen LogP contribution is 2.27. The lowest BCUT2D eigenvalue weighted by atomic mass is 10.2. The Morgan fingerprint density at radius 3 is 2.85 bits per heavy atom. The Bertz CT molecular complexity index is 934. The molecule has 2 aromatic heterocycles. The van der Waals surface area contributed by atoms with Gasteiger partial charge in [0.05, 0.1) is 13.7 Å². The second-order valence-corrected chi connectivity index (χ2v) is 9.16. The van der Waals surface area contributed by atoms with E-state index in [0.29, 0.717) is 19.4 Å². The molecule has 10 heteroatoms. The zero-order chi connectivity index (χ0) is 19.6. The van der Waals surface area contributed by atoms with E-state index in [4.69, 9.17) is 0 Å². The van der Waals surface area contributed by atoms with E-state index in [2.05, 4.69) is 10.1 Å². The van der Waals surface area contributed by atoms with E-state index in [1.165, 1.54) is 39.6 Å². The molecule has 1 amide bonds. The fourth-order valence-electron chi connectivity index (χ4n) is 3.11. The quantitative estimate of drug-likeness (QED) is 0.724. The molecule has 1 unspecified atom stereocenters. The molecule has 3 rings (SSSR count). The third kappa shape index (κ3) is 3.92. The van der Waals surface area contributed by atoms with Gasteiger partial charge in [0, 0.05) is 24.7 Å². The smallest absolute Gasteiger partial charge is 0.354 e. The zero-order valence-electron chi connectivity index (χ0n) is 15.0. The van der Waals surface area contributed by atoms with E-state index >= 15 is 0 Å². The summed E-state index contributed by atoms with van der Waals surface area (Å²) in [6, 6.07) is 4.33. The number of hydrogen-bond acceptors (Lipinski definition) is 6. The van der Waals surface area contributed by atoms with Crippen LogP contribution in [0.4, 0.5) is 0 Å². The number of methoxy groups -OCH3 is 1. The molecule has 0 radical (unpaired) electrons. The fraction of sp³-hybridized carbons (Fsp3) is 0.412. The Labute approximate surface area is 161 Å². The molecule has 3 heterocycles. The molecule has 27 heavy (non-hydrogen) atoms. The highest BCUT2D eigenvalue weighted by atomic mass is 32.2. The Morgan fingerprint density at radius 1 is 1.41 bits per heavy atom. The summed E-state index contributed by atoms with van der Waals surface area (Å²) >= 11 is 1.53. The summed E-state index contributed by atoms with van der Waals surface area (Å²) in [5, 5.41) is 4.73. The number of carbonyl (C=O) groups excluding carboxylic acids is 2. The summed E-state index contributed by atoms with van der Waals surface area (Å²) in [5.41, 5.74) is 0.133. The molecule has 1 saturated heterocycles. The molecule has 1 N–H and O–H groups in total. The fourth-order valence-corrected chi connectivity index (χ4v) is 5.49. The molecule has 0 saturated carbocycles. The summed E-state index contributed by atoms with van der Waals surface area (Å²) in [5.74, 6) is -0.931. The van der Waals surface area contributed by atoms with Gasteiger partial charge in [-0.3, -0.25) is 4.79 Å². The van der Waals surface area contributed by atoms with E-state index in [-0.39, 0.29) is 23.0 Å². The van der Waals surface area contributed by atoms with Crippen molar-refractivity contribution in [3.05, 3.63) is 40.3 Å². The number of ether oxygens (including phenoxy) is 1. The molecule has 0 aromatic carbocycles. The second kappa shape index (κ2) is 7.83. The van der Waals surface area contributed by atoms with E-state index in [0.717, 1.165) is 4.88 Å². The van der Waals surface area contributed by atoms with Crippen molar-refractivity contribution in [2.24, 2.45) is 7.05 Å². The van der Waals surface area contributed by atoms with Crippen LogP contribution in [0.15, 0.2) is 34.7 Å². The van der Waals surface area contributed by atoms with Crippen molar-refractivity contribution in [1.29, 1.82) is 0 Å². The largest absolute Gasteiger partial charge is 0.464 e. The van der Waals surface area contributed by atoms with Gasteiger partial charge in [-0.1, -0.05) is 6.07 Å². The Kier molecular flexibility index (Phi) is 5.68. The maximum absolute atomic E-state index is 13.0. The molecule has 0 aliphatic carbocycles. The Balaban J connectivity index is 1.78. The predicted octanol–water partition coefficient (Wildman–Crippen LogP) is 1.34. The minimum absolute atomic E-state index is 0.0247. The molecule has 2 aromatic rings. The number of carbonyl (C=O) groups is 2. The average molecular weight is 412 g/mol. The highest BCUT2D eigenvalue weighted by molar-refractivity contribution is 7.89. The van der Waals surface area contributed by atoms with Gasteiger partial charge in [0.1, 0.15) is 16.6 Å². The Morgan fingerprint density at radius 2 is 2.19 bits per heavy atom. The topological polar surface area (TPSA) is 97.7 Å². The van der Waals surface area contributed by atoms with Gasteiger partial charge in [-0.15, -0.1) is 11.3 Å². The molecule has 1 aliphatic heterocycles. The molecular formula is C17H21N3O5S2. The van der Waals surface area contributed by atoms with Crippen LogP contribution in [0.5, 0.6) is 0 Å². The maximum atomic E-state index is 13.0. The monoisotopic (exact) mass is 411 g/mol. The Hall–Kier alpha value is -2.17. The molecule has 1 atom stereocenters. The normalized spacial score (nSPS) is 17.8. The van der Waals surface area contributed by atoms with Crippen molar-refractivity contribution in [2.75, 3.05) is 13.7 Å². The van der Waals surface area contributed by atoms with Gasteiger partial charge in [0.15, 0.2) is 0 Å². The van der Waals surface area contributed by atoms with Crippen molar-refractivity contribution < 1.29 is 22.7 Å². The van der Waals surface area contributed by atoms with Crippen LogP contribution in [0.3, 0.4) is 0 Å².